The summed E-state index contributed by atoms with van der Waals surface area (Å²) in [6.45, 7) is 3.52. The molecule has 10 nitrogen and oxygen atoms in total. The maximum absolute atomic E-state index is 14.7. The van der Waals surface area contributed by atoms with E-state index in [-0.39, 0.29) is 5.82 Å². The molecule has 1 aliphatic heterocycles. The maximum atomic E-state index is 14.7. The highest BCUT2D eigenvalue weighted by Gasteiger charge is 2.18. The minimum atomic E-state index is -0.378. The average molecular weight is 522 g/mol. The molecule has 0 aliphatic carbocycles. The van der Waals surface area contributed by atoms with Crippen molar-refractivity contribution in [2.45, 2.75) is 12.8 Å². The Labute approximate surface area is 222 Å². The van der Waals surface area contributed by atoms with Crippen molar-refractivity contribution in [2.75, 3.05) is 26.2 Å². The predicted octanol–water partition coefficient (Wildman–Crippen LogP) is 4.63. The second-order valence-electron chi connectivity index (χ2n) is 9.53. The summed E-state index contributed by atoms with van der Waals surface area (Å²) >= 11 is 0. The molecule has 2 N–H and O–H groups in total. The molecule has 194 valence electrons. The smallest absolute Gasteiger partial charge is 0.161 e. The van der Waals surface area contributed by atoms with Gasteiger partial charge in [-0.2, -0.15) is 5.10 Å². The number of pyridine rings is 2. The molecule has 0 spiro atoms. The number of hydrogen-bond donors (Lipinski definition) is 2. The quantitative estimate of drug-likeness (QED) is 0.312. The first-order valence-corrected chi connectivity index (χ1v) is 12.8. The van der Waals surface area contributed by atoms with Gasteiger partial charge in [-0.3, -0.25) is 15.0 Å². The van der Waals surface area contributed by atoms with Crippen LogP contribution in [0.3, 0.4) is 0 Å². The first-order valence-electron chi connectivity index (χ1n) is 12.8. The maximum Gasteiger partial charge on any atom is 0.161 e. The number of benzene rings is 1. The SMILES string of the molecule is Fc1cc(OCCN2CCCC2)cc(-c2cncc3[nH]c(-c4n[nH]c5ccc(-c6cncnc6)nc45)nc23)c1. The number of imidazole rings is 1. The van der Waals surface area contributed by atoms with Crippen LogP contribution in [0.25, 0.3) is 56.0 Å². The molecule has 6 aromatic rings. The second-order valence-corrected chi connectivity index (χ2v) is 9.53. The molecule has 0 unspecified atom stereocenters. The fourth-order valence-electron chi connectivity index (χ4n) is 5.01. The van der Waals surface area contributed by atoms with Crippen molar-refractivity contribution in [1.29, 1.82) is 0 Å². The molecule has 0 bridgehead atoms. The monoisotopic (exact) mass is 521 g/mol. The van der Waals surface area contributed by atoms with Gasteiger partial charge in [-0.05, 0) is 55.8 Å². The summed E-state index contributed by atoms with van der Waals surface area (Å²) in [7, 11) is 0. The van der Waals surface area contributed by atoms with Crippen molar-refractivity contribution in [2.24, 2.45) is 0 Å². The number of nitrogens with one attached hydrogen (secondary N) is 2. The van der Waals surface area contributed by atoms with E-state index in [9.17, 15) is 4.39 Å². The minimum Gasteiger partial charge on any atom is -0.492 e. The average Bonchev–Trinajstić information content (AvgIpc) is 3.72. The topological polar surface area (TPSA) is 121 Å². The van der Waals surface area contributed by atoms with Gasteiger partial charge in [-0.25, -0.2) is 24.3 Å². The van der Waals surface area contributed by atoms with Gasteiger partial charge >= 0.3 is 0 Å². The number of halogens is 1. The lowest BCUT2D eigenvalue weighted by molar-refractivity contribution is 0.237. The van der Waals surface area contributed by atoms with Crippen LogP contribution >= 0.6 is 0 Å². The molecular weight excluding hydrogens is 497 g/mol. The number of aromatic nitrogens is 8. The Morgan fingerprint density at radius 3 is 2.62 bits per heavy atom. The van der Waals surface area contributed by atoms with E-state index in [1.165, 1.54) is 31.3 Å². The molecule has 1 saturated heterocycles. The summed E-state index contributed by atoms with van der Waals surface area (Å²) < 4.78 is 20.6. The summed E-state index contributed by atoms with van der Waals surface area (Å²) in [5.41, 5.74) is 6.19. The Balaban J connectivity index is 1.23. The van der Waals surface area contributed by atoms with E-state index in [0.717, 1.165) is 36.4 Å². The number of fused-ring (bicyclic) bond motifs is 2. The number of rotatable bonds is 7. The summed E-state index contributed by atoms with van der Waals surface area (Å²) in [5.74, 6) is 0.631. The summed E-state index contributed by atoms with van der Waals surface area (Å²) in [6, 6.07) is 8.51. The summed E-state index contributed by atoms with van der Waals surface area (Å²) in [6.07, 6.45) is 10.7. The van der Waals surface area contributed by atoms with Crippen LogP contribution in [0.5, 0.6) is 5.75 Å². The second kappa shape index (κ2) is 9.84. The van der Waals surface area contributed by atoms with Crippen molar-refractivity contribution < 1.29 is 9.13 Å². The molecule has 1 aromatic carbocycles. The summed E-state index contributed by atoms with van der Waals surface area (Å²) in [5, 5.41) is 7.50. The molecule has 7 rings (SSSR count). The van der Waals surface area contributed by atoms with Crippen LogP contribution in [0.2, 0.25) is 0 Å². The van der Waals surface area contributed by atoms with Crippen LogP contribution in [0.1, 0.15) is 12.8 Å². The zero-order valence-corrected chi connectivity index (χ0v) is 20.9. The van der Waals surface area contributed by atoms with E-state index in [1.54, 1.807) is 24.8 Å². The molecule has 5 aromatic heterocycles. The number of aromatic amines is 2. The fraction of sp³-hybridized carbons (Fsp3) is 0.214. The first-order chi connectivity index (χ1) is 19.2. The molecule has 0 saturated carbocycles. The third-order valence-corrected chi connectivity index (χ3v) is 6.94. The largest absolute Gasteiger partial charge is 0.492 e. The van der Waals surface area contributed by atoms with Crippen molar-refractivity contribution in [3.63, 3.8) is 0 Å². The Kier molecular flexibility index (Phi) is 5.89. The van der Waals surface area contributed by atoms with Crippen LogP contribution in [0, 0.1) is 5.82 Å². The van der Waals surface area contributed by atoms with Crippen LogP contribution in [0.4, 0.5) is 4.39 Å². The van der Waals surface area contributed by atoms with Gasteiger partial charge in [0.1, 0.15) is 30.0 Å². The number of nitrogens with zero attached hydrogens (tertiary/aromatic N) is 7. The third kappa shape index (κ3) is 4.57. The number of hydrogen-bond acceptors (Lipinski definition) is 8. The van der Waals surface area contributed by atoms with E-state index >= 15 is 0 Å². The molecule has 1 aliphatic rings. The highest BCUT2D eigenvalue weighted by atomic mass is 19.1. The zero-order valence-electron chi connectivity index (χ0n) is 20.9. The normalized spacial score (nSPS) is 14.0. The van der Waals surface area contributed by atoms with Gasteiger partial charge in [0, 0.05) is 42.3 Å². The highest BCUT2D eigenvalue weighted by Crippen LogP contribution is 2.33. The van der Waals surface area contributed by atoms with Gasteiger partial charge in [-0.15, -0.1) is 0 Å². The van der Waals surface area contributed by atoms with Gasteiger partial charge < -0.3 is 9.72 Å². The van der Waals surface area contributed by atoms with E-state index in [4.69, 9.17) is 14.7 Å². The molecule has 1 fully saturated rings. The van der Waals surface area contributed by atoms with Gasteiger partial charge in [-0.1, -0.05) is 0 Å². The van der Waals surface area contributed by atoms with Crippen LogP contribution < -0.4 is 4.74 Å². The van der Waals surface area contributed by atoms with Crippen molar-refractivity contribution in [3.05, 3.63) is 67.3 Å². The molecular formula is C28H24FN9O. The van der Waals surface area contributed by atoms with Crippen molar-refractivity contribution in [3.8, 4) is 39.7 Å². The molecule has 39 heavy (non-hydrogen) atoms. The Morgan fingerprint density at radius 2 is 1.74 bits per heavy atom. The number of ether oxygens (including phenoxy) is 1. The van der Waals surface area contributed by atoms with E-state index < -0.39 is 0 Å². The van der Waals surface area contributed by atoms with Crippen LogP contribution in [-0.4, -0.2) is 71.2 Å². The minimum absolute atomic E-state index is 0.378. The molecule has 11 heteroatoms. The molecule has 6 heterocycles. The Bertz CT molecular complexity index is 1780. The van der Waals surface area contributed by atoms with E-state index in [1.807, 2.05) is 18.2 Å². The third-order valence-electron chi connectivity index (χ3n) is 6.94. The van der Waals surface area contributed by atoms with E-state index in [0.29, 0.717) is 51.6 Å². The molecule has 0 atom stereocenters. The van der Waals surface area contributed by atoms with Crippen molar-refractivity contribution >= 4 is 22.1 Å². The number of H-pyrrole nitrogens is 2. The van der Waals surface area contributed by atoms with Gasteiger partial charge in [0.2, 0.25) is 0 Å². The lowest BCUT2D eigenvalue weighted by atomic mass is 10.1. The van der Waals surface area contributed by atoms with Crippen molar-refractivity contribution in [1.82, 2.24) is 45.0 Å². The Hall–Kier alpha value is -4.77. The lowest BCUT2D eigenvalue weighted by Gasteiger charge is -2.15. The van der Waals surface area contributed by atoms with Gasteiger partial charge in [0.25, 0.3) is 0 Å². The summed E-state index contributed by atoms with van der Waals surface area (Å²) in [4.78, 5) is 27.8. The first kappa shape index (κ1) is 23.4. The van der Waals surface area contributed by atoms with Crippen LogP contribution in [-0.2, 0) is 0 Å². The lowest BCUT2D eigenvalue weighted by Crippen LogP contribution is -2.25. The highest BCUT2D eigenvalue weighted by molar-refractivity contribution is 5.95. The van der Waals surface area contributed by atoms with Crippen LogP contribution in [0.15, 0.2) is 61.4 Å². The van der Waals surface area contributed by atoms with Gasteiger partial charge in [0.15, 0.2) is 11.5 Å². The fourth-order valence-corrected chi connectivity index (χ4v) is 5.01. The predicted molar refractivity (Wildman–Crippen MR) is 144 cm³/mol. The zero-order chi connectivity index (χ0) is 26.2. The molecule has 0 radical (unpaired) electrons. The Morgan fingerprint density at radius 1 is 0.872 bits per heavy atom. The number of likely N-dealkylation sites (tertiary alicyclic amines) is 1. The molecule has 0 amide bonds. The van der Waals surface area contributed by atoms with Gasteiger partial charge in [0.05, 0.1) is 28.4 Å². The van der Waals surface area contributed by atoms with E-state index in [2.05, 4.69) is 35.0 Å². The standard InChI is InChI=1S/C28H24FN9O/c29-19-9-17(10-20(11-19)39-8-7-38-5-1-2-6-38)21-14-30-15-24-25(21)35-28(34-24)27-26-23(36-37-27)4-3-22(33-26)18-12-31-16-32-13-18/h3-4,9-16H,1-2,5-8H2,(H,34,35)(H,36,37).